The van der Waals surface area contributed by atoms with Gasteiger partial charge in [-0.2, -0.15) is 10.4 Å². The lowest BCUT2D eigenvalue weighted by Gasteiger charge is -2.12. The third-order valence-electron chi connectivity index (χ3n) is 5.54. The van der Waals surface area contributed by atoms with Crippen molar-refractivity contribution in [3.63, 3.8) is 0 Å². The molecular formula is C20H22N6O3S. The van der Waals surface area contributed by atoms with Crippen molar-refractivity contribution in [1.82, 2.24) is 19.1 Å². The minimum absolute atomic E-state index is 0.0175. The Balaban J connectivity index is 1.70. The zero-order chi connectivity index (χ0) is 21.6. The molecule has 0 spiro atoms. The Morgan fingerprint density at radius 2 is 2.00 bits per heavy atom. The van der Waals surface area contributed by atoms with Crippen molar-refractivity contribution < 1.29 is 8.42 Å². The van der Waals surface area contributed by atoms with Gasteiger partial charge in [-0.05, 0) is 49.6 Å². The monoisotopic (exact) mass is 426 g/mol. The molecule has 2 heterocycles. The third-order valence-corrected chi connectivity index (χ3v) is 7.37. The summed E-state index contributed by atoms with van der Waals surface area (Å²) in [6.07, 6.45) is 2.40. The highest BCUT2D eigenvalue weighted by molar-refractivity contribution is 7.89. The number of fused-ring (bicyclic) bond motifs is 1. The van der Waals surface area contributed by atoms with E-state index < -0.39 is 10.0 Å². The quantitative estimate of drug-likeness (QED) is 0.624. The minimum Gasteiger partial charge on any atom is -0.338 e. The van der Waals surface area contributed by atoms with Crippen LogP contribution in [0.25, 0.3) is 10.9 Å². The summed E-state index contributed by atoms with van der Waals surface area (Å²) in [4.78, 5) is 15.4. The number of benzene rings is 1. The van der Waals surface area contributed by atoms with Gasteiger partial charge in [0.05, 0.1) is 28.4 Å². The number of pyridine rings is 1. The molecule has 0 aliphatic heterocycles. The van der Waals surface area contributed by atoms with E-state index in [9.17, 15) is 13.2 Å². The number of anilines is 2. The average molecular weight is 427 g/mol. The van der Waals surface area contributed by atoms with E-state index in [4.69, 9.17) is 5.26 Å². The van der Waals surface area contributed by atoms with E-state index in [0.29, 0.717) is 22.4 Å². The normalized spacial score (nSPS) is 19.6. The molecule has 3 aromatic rings. The summed E-state index contributed by atoms with van der Waals surface area (Å²) in [6.45, 7) is 2.00. The van der Waals surface area contributed by atoms with E-state index in [1.807, 2.05) is 6.92 Å². The van der Waals surface area contributed by atoms with E-state index in [1.165, 1.54) is 26.2 Å². The van der Waals surface area contributed by atoms with Gasteiger partial charge in [-0.15, -0.1) is 0 Å². The van der Waals surface area contributed by atoms with Gasteiger partial charge in [-0.1, -0.05) is 0 Å². The van der Waals surface area contributed by atoms with Gasteiger partial charge in [0.15, 0.2) is 5.82 Å². The fourth-order valence-corrected chi connectivity index (χ4v) is 4.53. The van der Waals surface area contributed by atoms with Crippen molar-refractivity contribution in [2.24, 2.45) is 11.8 Å². The zero-order valence-corrected chi connectivity index (χ0v) is 17.6. The molecule has 3 unspecified atom stereocenters. The molecule has 3 atom stereocenters. The molecule has 0 amide bonds. The molecule has 2 N–H and O–H groups in total. The molecule has 0 bridgehead atoms. The fourth-order valence-electron chi connectivity index (χ4n) is 3.63. The van der Waals surface area contributed by atoms with Gasteiger partial charge in [0.1, 0.15) is 5.39 Å². The number of aromatic amines is 1. The second kappa shape index (κ2) is 7.27. The van der Waals surface area contributed by atoms with E-state index in [0.717, 1.165) is 10.7 Å². The van der Waals surface area contributed by atoms with Crippen LogP contribution in [0.5, 0.6) is 0 Å². The number of aromatic nitrogens is 3. The molecule has 0 radical (unpaired) electrons. The van der Waals surface area contributed by atoms with Gasteiger partial charge in [-0.25, -0.2) is 12.7 Å². The number of nitrogens with one attached hydrogen (secondary N) is 2. The second-order valence-electron chi connectivity index (χ2n) is 7.67. The van der Waals surface area contributed by atoms with E-state index in [1.54, 1.807) is 29.1 Å². The van der Waals surface area contributed by atoms with Crippen molar-refractivity contribution >= 4 is 32.4 Å². The highest BCUT2D eigenvalue weighted by Gasteiger charge is 2.43. The lowest BCUT2D eigenvalue weighted by molar-refractivity contribution is 0.444. The van der Waals surface area contributed by atoms with Crippen LogP contribution in [0.4, 0.5) is 11.5 Å². The first-order valence-electron chi connectivity index (χ1n) is 9.53. The molecule has 1 aliphatic carbocycles. The summed E-state index contributed by atoms with van der Waals surface area (Å²) < 4.78 is 27.4. The van der Waals surface area contributed by atoms with Crippen LogP contribution in [0.2, 0.25) is 0 Å². The molecular weight excluding hydrogens is 404 g/mol. The molecule has 0 saturated heterocycles. The Morgan fingerprint density at radius 3 is 2.60 bits per heavy atom. The number of sulfonamides is 1. The summed E-state index contributed by atoms with van der Waals surface area (Å²) in [5, 5.41) is 17.3. The average Bonchev–Trinajstić information content (AvgIpc) is 3.42. The van der Waals surface area contributed by atoms with Gasteiger partial charge in [-0.3, -0.25) is 9.48 Å². The van der Waals surface area contributed by atoms with Crippen LogP contribution in [0.3, 0.4) is 0 Å². The number of H-pyrrole nitrogens is 1. The van der Waals surface area contributed by atoms with Crippen molar-refractivity contribution in [1.29, 1.82) is 5.26 Å². The Hall–Kier alpha value is -3.16. The standard InChI is InChI=1S/C20H22N6O3S/c1-12(16-10-13(16)11-21)26-17-8-9-22-20(27)18(17)19(24-26)23-14-4-6-15(7-5-14)30(28,29)25(2)3/h4-9,12-13,16H,10H2,1-3H3,(H,22,27)(H,23,24). The summed E-state index contributed by atoms with van der Waals surface area (Å²) in [7, 11) is -0.568. The minimum atomic E-state index is -3.52. The van der Waals surface area contributed by atoms with Crippen LogP contribution >= 0.6 is 0 Å². The van der Waals surface area contributed by atoms with Crippen molar-refractivity contribution in [3.8, 4) is 6.07 Å². The molecule has 30 heavy (non-hydrogen) atoms. The van der Waals surface area contributed by atoms with Crippen LogP contribution in [-0.2, 0) is 10.0 Å². The van der Waals surface area contributed by atoms with E-state index >= 15 is 0 Å². The number of hydrogen-bond acceptors (Lipinski definition) is 6. The number of nitriles is 1. The molecule has 1 fully saturated rings. The molecule has 1 saturated carbocycles. The Bertz CT molecular complexity index is 1300. The first-order chi connectivity index (χ1) is 14.2. The topological polar surface area (TPSA) is 124 Å². The molecule has 1 aliphatic rings. The second-order valence-corrected chi connectivity index (χ2v) is 9.82. The third kappa shape index (κ3) is 3.36. The molecule has 156 valence electrons. The largest absolute Gasteiger partial charge is 0.338 e. The van der Waals surface area contributed by atoms with Crippen LogP contribution in [-0.4, -0.2) is 41.6 Å². The molecule has 9 nitrogen and oxygen atoms in total. The zero-order valence-electron chi connectivity index (χ0n) is 16.8. The van der Waals surface area contributed by atoms with Gasteiger partial charge < -0.3 is 10.3 Å². The Labute approximate surface area is 174 Å². The highest BCUT2D eigenvalue weighted by Crippen LogP contribution is 2.46. The van der Waals surface area contributed by atoms with Crippen molar-refractivity contribution in [3.05, 3.63) is 46.9 Å². The maximum Gasteiger partial charge on any atom is 0.261 e. The Kier molecular flexibility index (Phi) is 4.88. The summed E-state index contributed by atoms with van der Waals surface area (Å²) in [5.41, 5.74) is 1.02. The number of hydrogen-bond donors (Lipinski definition) is 2. The lowest BCUT2D eigenvalue weighted by atomic mass is 10.2. The van der Waals surface area contributed by atoms with E-state index in [-0.39, 0.29) is 28.3 Å². The molecule has 1 aromatic carbocycles. The van der Waals surface area contributed by atoms with E-state index in [2.05, 4.69) is 21.5 Å². The predicted octanol–water partition coefficient (Wildman–Crippen LogP) is 2.44. The summed E-state index contributed by atoms with van der Waals surface area (Å²) >= 11 is 0. The number of rotatable bonds is 6. The summed E-state index contributed by atoms with van der Waals surface area (Å²) in [5.74, 6) is 0.612. The van der Waals surface area contributed by atoms with Crippen LogP contribution < -0.4 is 10.9 Å². The SMILES string of the molecule is CC(C1CC1C#N)n1nc(Nc2ccc(S(=O)(=O)N(C)C)cc2)c2c(=O)[nH]ccc21. The van der Waals surface area contributed by atoms with Gasteiger partial charge in [0, 0.05) is 26.0 Å². The predicted molar refractivity (Wildman–Crippen MR) is 113 cm³/mol. The maximum absolute atomic E-state index is 12.5. The molecule has 4 rings (SSSR count). The van der Waals surface area contributed by atoms with Crippen LogP contribution in [0, 0.1) is 23.2 Å². The van der Waals surface area contributed by atoms with Crippen molar-refractivity contribution in [2.75, 3.05) is 19.4 Å². The molecule has 2 aromatic heterocycles. The maximum atomic E-state index is 12.5. The fraction of sp³-hybridized carbons (Fsp3) is 0.350. The van der Waals surface area contributed by atoms with Crippen LogP contribution in [0.15, 0.2) is 46.2 Å². The van der Waals surface area contributed by atoms with Crippen molar-refractivity contribution in [2.45, 2.75) is 24.3 Å². The first-order valence-corrected chi connectivity index (χ1v) is 11.0. The van der Waals surface area contributed by atoms with Gasteiger partial charge in [0.25, 0.3) is 5.56 Å². The number of nitrogens with zero attached hydrogens (tertiary/aromatic N) is 4. The summed E-state index contributed by atoms with van der Waals surface area (Å²) in [6, 6.07) is 10.3. The smallest absolute Gasteiger partial charge is 0.261 e. The molecule has 10 heteroatoms. The lowest BCUT2D eigenvalue weighted by Crippen LogP contribution is -2.22. The highest BCUT2D eigenvalue weighted by atomic mass is 32.2. The first kappa shape index (κ1) is 20.1. The van der Waals surface area contributed by atoms with Gasteiger partial charge >= 0.3 is 0 Å². The Morgan fingerprint density at radius 1 is 1.30 bits per heavy atom. The van der Waals surface area contributed by atoms with Crippen LogP contribution in [0.1, 0.15) is 19.4 Å². The van der Waals surface area contributed by atoms with Gasteiger partial charge in [0.2, 0.25) is 10.0 Å².